The first kappa shape index (κ1) is 10.4. The molecule has 5 aromatic rings. The molecular formula is C29H27N2O+. The van der Waals surface area contributed by atoms with Gasteiger partial charge in [-0.1, -0.05) is 44.0 Å². The van der Waals surface area contributed by atoms with E-state index in [0.29, 0.717) is 44.3 Å². The highest BCUT2D eigenvalue weighted by Gasteiger charge is 2.39. The third-order valence-electron chi connectivity index (χ3n) is 6.38. The fourth-order valence-corrected chi connectivity index (χ4v) is 4.83. The van der Waals surface area contributed by atoms with Gasteiger partial charge in [0.2, 0.25) is 5.69 Å². The average Bonchev–Trinajstić information content (AvgIpc) is 3.41. The third-order valence-corrected chi connectivity index (χ3v) is 6.38. The molecule has 158 valence electrons. The second kappa shape index (κ2) is 6.29. The molecular weight excluding hydrogens is 392 g/mol. The summed E-state index contributed by atoms with van der Waals surface area (Å²) in [4.78, 5) is 4.31. The van der Waals surface area contributed by atoms with Crippen LogP contribution in [0.4, 0.5) is 0 Å². The monoisotopic (exact) mass is 431 g/mol. The molecule has 6 rings (SSSR count). The molecule has 0 radical (unpaired) electrons. The van der Waals surface area contributed by atoms with Crippen LogP contribution in [0.25, 0.3) is 44.3 Å². The van der Waals surface area contributed by atoms with Gasteiger partial charge in [-0.05, 0) is 43.4 Å². The molecule has 32 heavy (non-hydrogen) atoms. The van der Waals surface area contributed by atoms with Crippen LogP contribution in [0, 0.1) is 20.6 Å². The smallest absolute Gasteiger partial charge is 0.216 e. The van der Waals surface area contributed by atoms with E-state index in [1.807, 2.05) is 19.1 Å². The molecule has 0 spiro atoms. The van der Waals surface area contributed by atoms with Crippen LogP contribution in [0.15, 0.2) is 59.3 Å². The normalized spacial score (nSPS) is 21.3. The zero-order valence-corrected chi connectivity index (χ0v) is 17.5. The van der Waals surface area contributed by atoms with Crippen molar-refractivity contribution in [1.82, 2.24) is 4.98 Å². The van der Waals surface area contributed by atoms with Crippen molar-refractivity contribution in [3.05, 3.63) is 82.8 Å². The molecule has 0 saturated carbocycles. The van der Waals surface area contributed by atoms with E-state index in [1.54, 1.807) is 29.8 Å². The summed E-state index contributed by atoms with van der Waals surface area (Å²) in [6, 6.07) is 11.4. The molecule has 0 unspecified atom stereocenters. The molecule has 0 amide bonds. The summed E-state index contributed by atoms with van der Waals surface area (Å²) >= 11 is 0. The van der Waals surface area contributed by atoms with Gasteiger partial charge < -0.3 is 4.42 Å². The van der Waals surface area contributed by atoms with Crippen LogP contribution in [-0.2, 0) is 12.5 Å². The van der Waals surface area contributed by atoms with Gasteiger partial charge in [-0.25, -0.2) is 4.57 Å². The highest BCUT2D eigenvalue weighted by molar-refractivity contribution is 6.14. The summed E-state index contributed by atoms with van der Waals surface area (Å²) in [6.07, 6.45) is 2.67. The maximum absolute atomic E-state index is 8.45. The molecule has 0 atom stereocenters. The van der Waals surface area contributed by atoms with E-state index < -0.39 is 32.8 Å². The number of nitrogens with zero attached hydrogens (tertiary/aromatic N) is 2. The minimum absolute atomic E-state index is 0.0632. The van der Waals surface area contributed by atoms with Crippen molar-refractivity contribution in [2.45, 2.75) is 39.7 Å². The van der Waals surface area contributed by atoms with Crippen LogP contribution in [0.3, 0.4) is 0 Å². The van der Waals surface area contributed by atoms with Crippen LogP contribution in [0.1, 0.15) is 58.1 Å². The largest absolute Gasteiger partial charge is 0.454 e. The van der Waals surface area contributed by atoms with E-state index in [-0.39, 0.29) is 28.0 Å². The third kappa shape index (κ3) is 2.37. The Kier molecular flexibility index (Phi) is 2.05. The lowest BCUT2D eigenvalue weighted by Crippen LogP contribution is -2.31. The summed E-state index contributed by atoms with van der Waals surface area (Å²) in [6.45, 7) is -9.54. The number of aromatic nitrogens is 2. The highest BCUT2D eigenvalue weighted by atomic mass is 16.3. The van der Waals surface area contributed by atoms with E-state index >= 15 is 0 Å². The minimum atomic E-state index is -2.99. The van der Waals surface area contributed by atoms with Crippen molar-refractivity contribution in [3.63, 3.8) is 0 Å². The second-order valence-corrected chi connectivity index (χ2v) is 8.35. The quantitative estimate of drug-likeness (QED) is 0.276. The lowest BCUT2D eigenvalue weighted by Gasteiger charge is -2.19. The van der Waals surface area contributed by atoms with Crippen molar-refractivity contribution in [2.24, 2.45) is 7.05 Å². The Hall–Kier alpha value is -3.46. The number of hydrogen-bond acceptors (Lipinski definition) is 2. The van der Waals surface area contributed by atoms with Gasteiger partial charge in [0, 0.05) is 61.6 Å². The molecule has 1 aliphatic rings. The van der Waals surface area contributed by atoms with Gasteiger partial charge in [0.25, 0.3) is 0 Å². The molecule has 3 nitrogen and oxygen atoms in total. The van der Waals surface area contributed by atoms with Crippen LogP contribution < -0.4 is 4.57 Å². The average molecular weight is 432 g/mol. The lowest BCUT2D eigenvalue weighted by atomic mass is 9.85. The van der Waals surface area contributed by atoms with Gasteiger partial charge in [-0.2, -0.15) is 0 Å². The van der Waals surface area contributed by atoms with E-state index in [1.165, 1.54) is 24.5 Å². The van der Waals surface area contributed by atoms with Crippen LogP contribution >= 0.6 is 0 Å². The highest BCUT2D eigenvalue weighted by Crippen LogP contribution is 2.52. The predicted octanol–water partition coefficient (Wildman–Crippen LogP) is 6.70. The maximum Gasteiger partial charge on any atom is 0.216 e. The topological polar surface area (TPSA) is 29.9 Å². The summed E-state index contributed by atoms with van der Waals surface area (Å²) in [5, 5.41) is 1.23. The van der Waals surface area contributed by atoms with Gasteiger partial charge in [0.1, 0.15) is 18.2 Å². The summed E-state index contributed by atoms with van der Waals surface area (Å²) in [5.74, 6) is 0. The molecule has 0 N–H and O–H groups in total. The molecule has 3 aromatic heterocycles. The number of hydrogen-bond donors (Lipinski definition) is 0. The first-order valence-corrected chi connectivity index (χ1v) is 10.2. The van der Waals surface area contributed by atoms with Crippen LogP contribution in [0.2, 0.25) is 0 Å². The molecule has 0 aliphatic heterocycles. The van der Waals surface area contributed by atoms with Crippen LogP contribution in [-0.4, -0.2) is 4.98 Å². The van der Waals surface area contributed by atoms with E-state index in [4.69, 9.17) is 20.9 Å². The molecule has 2 aromatic carbocycles. The maximum atomic E-state index is 8.45. The van der Waals surface area contributed by atoms with Crippen molar-refractivity contribution in [1.29, 1.82) is 0 Å². The second-order valence-electron chi connectivity index (χ2n) is 8.35. The fraction of sp³-hybridized carbons (Fsp3) is 0.241. The van der Waals surface area contributed by atoms with Crippen molar-refractivity contribution in [2.75, 3.05) is 0 Å². The Morgan fingerprint density at radius 3 is 2.50 bits per heavy atom. The first-order valence-electron chi connectivity index (χ1n) is 16.2. The number of pyridine rings is 2. The lowest BCUT2D eigenvalue weighted by molar-refractivity contribution is -0.660. The standard InChI is InChI=1S/C29H27N2O/c1-16-9-10-19-20-11-12-22-25(21-8-7-13-30-28(21)29(22,4)5)27(20)32-26(19)24(16)23-14-17(2)18(3)15-31(23)6/h7-15H,1-6H3/q+1/i2D3,3D3,4D3,5D3. The van der Waals surface area contributed by atoms with Gasteiger partial charge >= 0.3 is 0 Å². The van der Waals surface area contributed by atoms with Gasteiger partial charge in [0.05, 0.1) is 11.3 Å². The fourth-order valence-electron chi connectivity index (χ4n) is 4.83. The predicted molar refractivity (Wildman–Crippen MR) is 130 cm³/mol. The van der Waals surface area contributed by atoms with E-state index in [0.717, 1.165) is 0 Å². The summed E-state index contributed by atoms with van der Waals surface area (Å²) in [5.41, 5.74) is -0.0964. The summed E-state index contributed by atoms with van der Waals surface area (Å²) < 4.78 is 107. The van der Waals surface area contributed by atoms with Gasteiger partial charge in [-0.3, -0.25) is 4.98 Å². The SMILES string of the molecule is [2H]C([2H])([2H])c1cc(-c2c(C)ccc3c2oc2c4c(ccc23)C(C([2H])([2H])[2H])(C([2H])([2H])[2H])c2ncccc2-4)[n+](C)cc1C([2H])([2H])[2H]. The zero-order chi connectivity index (χ0) is 32.4. The number of fused-ring (bicyclic) bond motifs is 7. The Morgan fingerprint density at radius 2 is 1.72 bits per heavy atom. The summed E-state index contributed by atoms with van der Waals surface area (Å²) in [7, 11) is 1.62. The zero-order valence-electron chi connectivity index (χ0n) is 29.5. The molecule has 0 saturated heterocycles. The molecule has 0 bridgehead atoms. The Bertz CT molecular complexity index is 1980. The molecule has 3 heteroatoms. The number of benzene rings is 2. The molecule has 1 aliphatic carbocycles. The van der Waals surface area contributed by atoms with Crippen LogP contribution in [0.5, 0.6) is 0 Å². The number of aryl methyl sites for hydroxylation is 4. The number of furan rings is 1. The van der Waals surface area contributed by atoms with Crippen molar-refractivity contribution >= 4 is 21.9 Å². The Balaban J connectivity index is 1.74. The van der Waals surface area contributed by atoms with Gasteiger partial charge in [-0.15, -0.1) is 0 Å². The minimum Gasteiger partial charge on any atom is -0.454 e. The Labute approximate surface area is 205 Å². The van der Waals surface area contributed by atoms with Crippen molar-refractivity contribution < 1.29 is 25.4 Å². The van der Waals surface area contributed by atoms with Gasteiger partial charge in [0.15, 0.2) is 6.20 Å². The van der Waals surface area contributed by atoms with E-state index in [2.05, 4.69) is 4.98 Å². The first-order chi connectivity index (χ1) is 20.2. The number of rotatable bonds is 1. The molecule has 3 heterocycles. The van der Waals surface area contributed by atoms with Crippen molar-refractivity contribution in [3.8, 4) is 22.4 Å². The molecule has 0 fully saturated rings. The Morgan fingerprint density at radius 1 is 0.938 bits per heavy atom. The van der Waals surface area contributed by atoms with E-state index in [9.17, 15) is 0 Å².